The number of rotatable bonds is 13. The van der Waals surface area contributed by atoms with Crippen molar-refractivity contribution in [3.05, 3.63) is 77.6 Å². The number of hydrogen-bond acceptors (Lipinski definition) is 5. The number of urea groups is 1. The molecule has 2 unspecified atom stereocenters. The van der Waals surface area contributed by atoms with Crippen LogP contribution in [0.15, 0.2) is 60.9 Å². The van der Waals surface area contributed by atoms with Crippen LogP contribution in [0.2, 0.25) is 0 Å². The Kier molecular flexibility index (Phi) is 11.1. The van der Waals surface area contributed by atoms with E-state index in [1.165, 1.54) is 14.0 Å². The first-order valence-corrected chi connectivity index (χ1v) is 13.7. The van der Waals surface area contributed by atoms with Gasteiger partial charge < -0.3 is 35.7 Å². The maximum atomic E-state index is 13.1. The zero-order valence-electron chi connectivity index (χ0n) is 24.6. The molecule has 0 saturated heterocycles. The lowest BCUT2D eigenvalue weighted by Crippen LogP contribution is -2.42. The Morgan fingerprint density at radius 2 is 1.69 bits per heavy atom. The molecular formula is C31H39N5O6. The van der Waals surface area contributed by atoms with Gasteiger partial charge in [-0.1, -0.05) is 38.1 Å². The predicted octanol–water partition coefficient (Wildman–Crippen LogP) is 4.48. The van der Waals surface area contributed by atoms with Crippen molar-refractivity contribution in [2.24, 2.45) is 5.92 Å². The molecule has 0 fully saturated rings. The lowest BCUT2D eigenvalue weighted by atomic mass is 9.98. The molecule has 42 heavy (non-hydrogen) atoms. The van der Waals surface area contributed by atoms with Crippen LogP contribution in [0.5, 0.6) is 5.75 Å². The fourth-order valence-corrected chi connectivity index (χ4v) is 4.54. The van der Waals surface area contributed by atoms with Gasteiger partial charge in [-0.15, -0.1) is 0 Å². The average Bonchev–Trinajstić information content (AvgIpc) is 3.38. The number of carboxylic acid groups (broad SMARTS) is 1. The van der Waals surface area contributed by atoms with Crippen LogP contribution in [0.25, 0.3) is 0 Å². The Labute approximate surface area is 245 Å². The third kappa shape index (κ3) is 9.39. The fourth-order valence-electron chi connectivity index (χ4n) is 4.54. The number of ether oxygens (including phenoxy) is 1. The van der Waals surface area contributed by atoms with Crippen LogP contribution >= 0.6 is 0 Å². The molecule has 0 radical (unpaired) electrons. The molecule has 11 heteroatoms. The number of aromatic nitrogens is 1. The number of carbonyl (C=O) groups is 4. The molecule has 1 heterocycles. The van der Waals surface area contributed by atoms with Crippen LogP contribution in [0.3, 0.4) is 0 Å². The predicted molar refractivity (Wildman–Crippen MR) is 161 cm³/mol. The van der Waals surface area contributed by atoms with Crippen molar-refractivity contribution in [3.8, 4) is 5.75 Å². The molecule has 11 nitrogen and oxygen atoms in total. The van der Waals surface area contributed by atoms with E-state index in [1.807, 2.05) is 37.3 Å². The number of anilines is 2. The first-order chi connectivity index (χ1) is 19.9. The molecule has 1 aromatic heterocycles. The van der Waals surface area contributed by atoms with E-state index >= 15 is 0 Å². The number of carbonyl (C=O) groups excluding carboxylic acids is 3. The van der Waals surface area contributed by atoms with E-state index in [2.05, 4.69) is 35.1 Å². The van der Waals surface area contributed by atoms with Crippen LogP contribution in [-0.4, -0.2) is 46.6 Å². The van der Waals surface area contributed by atoms with Gasteiger partial charge in [0.1, 0.15) is 11.8 Å². The number of amides is 4. The van der Waals surface area contributed by atoms with Crippen LogP contribution in [0, 0.1) is 12.8 Å². The second-order valence-electron chi connectivity index (χ2n) is 10.6. The maximum Gasteiger partial charge on any atom is 0.328 e. The van der Waals surface area contributed by atoms with Gasteiger partial charge in [0.2, 0.25) is 11.8 Å². The van der Waals surface area contributed by atoms with E-state index in [0.29, 0.717) is 29.1 Å². The molecular weight excluding hydrogens is 538 g/mol. The number of nitrogens with one attached hydrogen (secondary N) is 4. The number of carboxylic acids is 1. The van der Waals surface area contributed by atoms with Crippen molar-refractivity contribution in [2.45, 2.75) is 59.2 Å². The highest BCUT2D eigenvalue weighted by atomic mass is 16.5. The zero-order valence-corrected chi connectivity index (χ0v) is 24.6. The van der Waals surface area contributed by atoms with Crippen LogP contribution < -0.4 is 26.0 Å². The van der Waals surface area contributed by atoms with E-state index in [4.69, 9.17) is 4.74 Å². The zero-order chi connectivity index (χ0) is 30.8. The quantitative estimate of drug-likeness (QED) is 0.202. The normalized spacial score (nSPS) is 12.2. The Morgan fingerprint density at radius 3 is 2.33 bits per heavy atom. The minimum absolute atomic E-state index is 0.0560. The average molecular weight is 578 g/mol. The number of para-hydroxylation sites is 1. The number of aryl methyl sites for hydroxylation is 1. The molecule has 0 spiro atoms. The monoisotopic (exact) mass is 577 g/mol. The third-order valence-electron chi connectivity index (χ3n) is 6.56. The van der Waals surface area contributed by atoms with Crippen molar-refractivity contribution in [1.29, 1.82) is 0 Å². The Balaban J connectivity index is 1.67. The summed E-state index contributed by atoms with van der Waals surface area (Å²) in [4.78, 5) is 48.6. The second-order valence-corrected chi connectivity index (χ2v) is 10.6. The molecule has 3 rings (SSSR count). The van der Waals surface area contributed by atoms with Gasteiger partial charge in [0, 0.05) is 25.0 Å². The van der Waals surface area contributed by atoms with Gasteiger partial charge in [-0.3, -0.25) is 9.59 Å². The number of nitrogens with zero attached hydrogens (tertiary/aromatic N) is 1. The SMILES string of the molecule is COc1cc(CC(=O)NC(CC(C)C)c2ccn(CC(NC(C)=O)C(=O)O)c2)ccc1NC(=O)Nc1ccccc1C. The summed E-state index contributed by atoms with van der Waals surface area (Å²) in [6, 6.07) is 12.7. The van der Waals surface area contributed by atoms with Gasteiger partial charge in [0.05, 0.1) is 31.8 Å². The summed E-state index contributed by atoms with van der Waals surface area (Å²) >= 11 is 0. The molecule has 0 aliphatic heterocycles. The highest BCUT2D eigenvalue weighted by Crippen LogP contribution is 2.27. The van der Waals surface area contributed by atoms with E-state index in [-0.39, 0.29) is 30.8 Å². The summed E-state index contributed by atoms with van der Waals surface area (Å²) in [6.07, 6.45) is 4.28. The smallest absolute Gasteiger partial charge is 0.328 e. The van der Waals surface area contributed by atoms with Crippen LogP contribution in [-0.2, 0) is 27.3 Å². The molecule has 224 valence electrons. The largest absolute Gasteiger partial charge is 0.495 e. The van der Waals surface area contributed by atoms with E-state index in [1.54, 1.807) is 35.2 Å². The highest BCUT2D eigenvalue weighted by molar-refractivity contribution is 6.01. The summed E-state index contributed by atoms with van der Waals surface area (Å²) in [6.45, 7) is 7.34. The molecule has 5 N–H and O–H groups in total. The molecule has 2 aromatic carbocycles. The fraction of sp³-hybridized carbons (Fsp3) is 0.355. The topological polar surface area (TPSA) is 151 Å². The van der Waals surface area contributed by atoms with Crippen molar-refractivity contribution in [3.63, 3.8) is 0 Å². The van der Waals surface area contributed by atoms with Gasteiger partial charge in [0.25, 0.3) is 0 Å². The Morgan fingerprint density at radius 1 is 0.976 bits per heavy atom. The van der Waals surface area contributed by atoms with Gasteiger partial charge >= 0.3 is 12.0 Å². The van der Waals surface area contributed by atoms with Gasteiger partial charge in [-0.2, -0.15) is 0 Å². The minimum atomic E-state index is -1.13. The first-order valence-electron chi connectivity index (χ1n) is 13.7. The van der Waals surface area contributed by atoms with Crippen molar-refractivity contribution in [2.75, 3.05) is 17.7 Å². The Bertz CT molecular complexity index is 1420. The summed E-state index contributed by atoms with van der Waals surface area (Å²) in [5.41, 5.74) is 3.63. The summed E-state index contributed by atoms with van der Waals surface area (Å²) in [5, 5.41) is 20.6. The summed E-state index contributed by atoms with van der Waals surface area (Å²) in [5.74, 6) is -1.05. The summed E-state index contributed by atoms with van der Waals surface area (Å²) < 4.78 is 7.17. The van der Waals surface area contributed by atoms with E-state index in [0.717, 1.165) is 11.1 Å². The number of aliphatic carboxylic acids is 1. The van der Waals surface area contributed by atoms with Crippen LogP contribution in [0.4, 0.5) is 16.2 Å². The van der Waals surface area contributed by atoms with Gasteiger partial charge in [0.15, 0.2) is 0 Å². The molecule has 2 atom stereocenters. The molecule has 0 aliphatic carbocycles. The van der Waals surface area contributed by atoms with Crippen molar-refractivity contribution < 1.29 is 29.0 Å². The molecule has 0 bridgehead atoms. The first kappa shape index (κ1) is 31.7. The standard InChI is InChI=1S/C31H39N5O6/c1-19(2)14-26(23-12-13-36(17-23)18-27(30(39)40)32-21(4)37)33-29(38)16-22-10-11-25(28(15-22)42-5)35-31(41)34-24-9-7-6-8-20(24)3/h6-13,15,17,19,26-27H,14,16,18H2,1-5H3,(H,32,37)(H,33,38)(H,39,40)(H2,34,35,41). The highest BCUT2D eigenvalue weighted by Gasteiger charge is 2.22. The molecule has 3 aromatic rings. The summed E-state index contributed by atoms with van der Waals surface area (Å²) in [7, 11) is 1.49. The Hall–Kier alpha value is -4.80. The third-order valence-corrected chi connectivity index (χ3v) is 6.56. The van der Waals surface area contributed by atoms with Crippen molar-refractivity contribution >= 4 is 35.2 Å². The lowest BCUT2D eigenvalue weighted by molar-refractivity contribution is -0.141. The second kappa shape index (κ2) is 14.7. The van der Waals surface area contributed by atoms with Crippen LogP contribution in [0.1, 0.15) is 49.9 Å². The van der Waals surface area contributed by atoms with E-state index < -0.39 is 23.9 Å². The number of methoxy groups -OCH3 is 1. The van der Waals surface area contributed by atoms with Gasteiger partial charge in [-0.25, -0.2) is 9.59 Å². The lowest BCUT2D eigenvalue weighted by Gasteiger charge is -2.20. The number of hydrogen-bond donors (Lipinski definition) is 5. The number of benzene rings is 2. The minimum Gasteiger partial charge on any atom is -0.495 e. The van der Waals surface area contributed by atoms with Crippen molar-refractivity contribution in [1.82, 2.24) is 15.2 Å². The maximum absolute atomic E-state index is 13.1. The molecule has 0 aliphatic rings. The molecule has 0 saturated carbocycles. The van der Waals surface area contributed by atoms with Gasteiger partial charge in [-0.05, 0) is 60.2 Å². The molecule has 4 amide bonds. The van der Waals surface area contributed by atoms with E-state index in [9.17, 15) is 24.3 Å².